The van der Waals surface area contributed by atoms with Gasteiger partial charge in [0.1, 0.15) is 29.3 Å². The Kier molecular flexibility index (Phi) is 7.44. The Bertz CT molecular complexity index is 1420. The molecule has 1 amide bonds. The standard InChI is InChI=1S/C29H30N6O5/c1-37-27-23(28(36)35-16-21-3-4-22(17-35)39-21)5-7-26(33-27)34-29-31-11-8-24(32-29)18-2-6-25(19(14-18)15-30)40-20-9-12-38-13-10-20/h2,5-8,11,14,20-22H,3-4,9-10,12-13,16-17H2,1H3,(H,31,32,33,34). The van der Waals surface area contributed by atoms with Gasteiger partial charge in [0.25, 0.3) is 5.91 Å². The first-order chi connectivity index (χ1) is 19.6. The topological polar surface area (TPSA) is 132 Å². The Hall–Kier alpha value is -4.27. The largest absolute Gasteiger partial charge is 0.489 e. The van der Waals surface area contributed by atoms with Gasteiger partial charge in [-0.1, -0.05) is 0 Å². The summed E-state index contributed by atoms with van der Waals surface area (Å²) in [5.74, 6) is 1.42. The second kappa shape index (κ2) is 11.5. The lowest BCUT2D eigenvalue weighted by Crippen LogP contribution is -2.45. The molecule has 0 spiro atoms. The molecule has 1 aromatic carbocycles. The molecule has 0 aliphatic carbocycles. The van der Waals surface area contributed by atoms with Gasteiger partial charge in [-0.15, -0.1) is 0 Å². The lowest BCUT2D eigenvalue weighted by atomic mass is 10.1. The first kappa shape index (κ1) is 26.0. The number of nitrogens with zero attached hydrogens (tertiary/aromatic N) is 5. The average Bonchev–Trinajstić information content (AvgIpc) is 3.34. The Balaban J connectivity index is 1.17. The van der Waals surface area contributed by atoms with Crippen LogP contribution in [0, 0.1) is 11.3 Å². The number of carbonyl (C=O) groups is 1. The quantitative estimate of drug-likeness (QED) is 0.471. The molecule has 3 aliphatic rings. The third kappa shape index (κ3) is 5.54. The third-order valence-electron chi connectivity index (χ3n) is 7.37. The summed E-state index contributed by atoms with van der Waals surface area (Å²) in [6, 6.07) is 12.9. The summed E-state index contributed by atoms with van der Waals surface area (Å²) in [6.45, 7) is 2.48. The first-order valence-electron chi connectivity index (χ1n) is 13.5. The van der Waals surface area contributed by atoms with Crippen molar-refractivity contribution in [2.45, 2.75) is 44.0 Å². The molecule has 0 saturated carbocycles. The summed E-state index contributed by atoms with van der Waals surface area (Å²) >= 11 is 0. The van der Waals surface area contributed by atoms with E-state index < -0.39 is 0 Å². The number of fused-ring (bicyclic) bond motifs is 2. The number of ether oxygens (including phenoxy) is 4. The molecule has 1 N–H and O–H groups in total. The van der Waals surface area contributed by atoms with Gasteiger partial charge in [0.15, 0.2) is 0 Å². The molecule has 40 heavy (non-hydrogen) atoms. The van der Waals surface area contributed by atoms with Crippen LogP contribution >= 0.6 is 0 Å². The van der Waals surface area contributed by atoms with Crippen molar-refractivity contribution in [2.24, 2.45) is 0 Å². The molecule has 6 rings (SSSR count). The lowest BCUT2D eigenvalue weighted by Gasteiger charge is -2.32. The van der Waals surface area contributed by atoms with Crippen molar-refractivity contribution in [3.63, 3.8) is 0 Å². The van der Waals surface area contributed by atoms with Crippen LogP contribution in [0.5, 0.6) is 11.6 Å². The fraction of sp³-hybridized carbons (Fsp3) is 0.414. The van der Waals surface area contributed by atoms with E-state index in [0.29, 0.717) is 60.6 Å². The van der Waals surface area contributed by atoms with Crippen molar-refractivity contribution < 1.29 is 23.7 Å². The zero-order chi connectivity index (χ0) is 27.5. The van der Waals surface area contributed by atoms with Gasteiger partial charge >= 0.3 is 0 Å². The molecule has 2 bridgehead atoms. The molecule has 2 atom stereocenters. The van der Waals surface area contributed by atoms with Crippen LogP contribution in [-0.2, 0) is 9.47 Å². The Morgan fingerprint density at radius 3 is 2.62 bits per heavy atom. The second-order valence-corrected chi connectivity index (χ2v) is 10.1. The number of amides is 1. The molecule has 3 fully saturated rings. The molecule has 2 aromatic heterocycles. The summed E-state index contributed by atoms with van der Waals surface area (Å²) in [5.41, 5.74) is 2.23. The van der Waals surface area contributed by atoms with Crippen molar-refractivity contribution in [3.05, 3.63) is 53.7 Å². The van der Waals surface area contributed by atoms with Crippen LogP contribution in [0.1, 0.15) is 41.6 Å². The van der Waals surface area contributed by atoms with Crippen molar-refractivity contribution in [1.82, 2.24) is 19.9 Å². The Labute approximate surface area is 232 Å². The Morgan fingerprint density at radius 1 is 1.07 bits per heavy atom. The van der Waals surface area contributed by atoms with E-state index in [1.54, 1.807) is 36.5 Å². The smallest absolute Gasteiger partial charge is 0.259 e. The number of hydrogen-bond donors (Lipinski definition) is 1. The SMILES string of the molecule is COc1nc(Nc2nccc(-c3ccc(OC4CCOCC4)c(C#N)c3)n2)ccc1C(=O)N1CC2CCC(C1)O2. The third-order valence-corrected chi connectivity index (χ3v) is 7.37. The fourth-order valence-corrected chi connectivity index (χ4v) is 5.33. The van der Waals surface area contributed by atoms with E-state index in [0.717, 1.165) is 31.2 Å². The molecular formula is C29H30N6O5. The molecule has 5 heterocycles. The predicted octanol–water partition coefficient (Wildman–Crippen LogP) is 3.72. The first-order valence-corrected chi connectivity index (χ1v) is 13.5. The normalized spacial score (nSPS) is 20.6. The number of likely N-dealkylation sites (tertiary alicyclic amines) is 1. The van der Waals surface area contributed by atoms with E-state index in [-0.39, 0.29) is 30.1 Å². The van der Waals surface area contributed by atoms with E-state index in [1.165, 1.54) is 7.11 Å². The monoisotopic (exact) mass is 542 g/mol. The maximum Gasteiger partial charge on any atom is 0.259 e. The maximum absolute atomic E-state index is 13.2. The van der Waals surface area contributed by atoms with Crippen LogP contribution in [0.4, 0.5) is 11.8 Å². The van der Waals surface area contributed by atoms with E-state index in [2.05, 4.69) is 26.3 Å². The van der Waals surface area contributed by atoms with E-state index in [4.69, 9.17) is 18.9 Å². The number of hydrogen-bond acceptors (Lipinski definition) is 10. The minimum Gasteiger partial charge on any atom is -0.489 e. The van der Waals surface area contributed by atoms with Gasteiger partial charge in [0.2, 0.25) is 11.8 Å². The highest BCUT2D eigenvalue weighted by Gasteiger charge is 2.36. The van der Waals surface area contributed by atoms with Crippen LogP contribution in [0.15, 0.2) is 42.6 Å². The van der Waals surface area contributed by atoms with Crippen LogP contribution in [-0.4, -0.2) is 77.5 Å². The summed E-state index contributed by atoms with van der Waals surface area (Å²) in [5, 5.41) is 12.8. The van der Waals surface area contributed by atoms with Crippen molar-refractivity contribution in [3.8, 4) is 29.0 Å². The van der Waals surface area contributed by atoms with Crippen molar-refractivity contribution in [2.75, 3.05) is 38.7 Å². The summed E-state index contributed by atoms with van der Waals surface area (Å²) in [7, 11) is 1.49. The van der Waals surface area contributed by atoms with Gasteiger partial charge in [-0.2, -0.15) is 10.2 Å². The lowest BCUT2D eigenvalue weighted by molar-refractivity contribution is -0.0304. The predicted molar refractivity (Wildman–Crippen MR) is 145 cm³/mol. The second-order valence-electron chi connectivity index (χ2n) is 10.1. The fourth-order valence-electron chi connectivity index (χ4n) is 5.33. The highest BCUT2D eigenvalue weighted by Crippen LogP contribution is 2.30. The number of aromatic nitrogens is 3. The van der Waals surface area contributed by atoms with Crippen LogP contribution in [0.2, 0.25) is 0 Å². The Morgan fingerprint density at radius 2 is 1.88 bits per heavy atom. The van der Waals surface area contributed by atoms with E-state index in [9.17, 15) is 10.1 Å². The summed E-state index contributed by atoms with van der Waals surface area (Å²) < 4.78 is 22.8. The van der Waals surface area contributed by atoms with Crippen molar-refractivity contribution in [1.29, 1.82) is 5.26 Å². The summed E-state index contributed by atoms with van der Waals surface area (Å²) in [6.07, 6.45) is 5.45. The number of anilines is 2. The molecule has 3 aliphatic heterocycles. The van der Waals surface area contributed by atoms with Crippen LogP contribution < -0.4 is 14.8 Å². The summed E-state index contributed by atoms with van der Waals surface area (Å²) in [4.78, 5) is 28.5. The zero-order valence-electron chi connectivity index (χ0n) is 22.2. The minimum absolute atomic E-state index is 0.0386. The molecule has 11 heteroatoms. The number of methoxy groups -OCH3 is 1. The number of rotatable bonds is 7. The zero-order valence-corrected chi connectivity index (χ0v) is 22.2. The number of nitrogens with one attached hydrogen (secondary N) is 1. The highest BCUT2D eigenvalue weighted by molar-refractivity contribution is 5.96. The van der Waals surface area contributed by atoms with Gasteiger partial charge in [0.05, 0.1) is 43.8 Å². The van der Waals surface area contributed by atoms with Crippen LogP contribution in [0.3, 0.4) is 0 Å². The van der Waals surface area contributed by atoms with Gasteiger partial charge in [-0.05, 0) is 49.2 Å². The van der Waals surface area contributed by atoms with Crippen LogP contribution in [0.25, 0.3) is 11.3 Å². The number of benzene rings is 1. The van der Waals surface area contributed by atoms with Gasteiger partial charge in [-0.25, -0.2) is 9.97 Å². The number of morpholine rings is 1. The molecule has 11 nitrogen and oxygen atoms in total. The average molecular weight is 543 g/mol. The van der Waals surface area contributed by atoms with E-state index >= 15 is 0 Å². The molecule has 206 valence electrons. The van der Waals surface area contributed by atoms with Crippen molar-refractivity contribution >= 4 is 17.7 Å². The number of pyridine rings is 1. The highest BCUT2D eigenvalue weighted by atomic mass is 16.5. The maximum atomic E-state index is 13.2. The number of nitriles is 1. The van der Waals surface area contributed by atoms with Gasteiger partial charge < -0.3 is 29.2 Å². The van der Waals surface area contributed by atoms with E-state index in [1.807, 2.05) is 11.0 Å². The van der Waals surface area contributed by atoms with Gasteiger partial charge in [0, 0.05) is 37.7 Å². The van der Waals surface area contributed by atoms with Gasteiger partial charge in [-0.3, -0.25) is 4.79 Å². The molecule has 2 unspecified atom stereocenters. The molecule has 0 radical (unpaired) electrons. The molecule has 3 aromatic rings. The molecule has 3 saturated heterocycles. The number of carbonyl (C=O) groups excluding carboxylic acids is 1. The minimum atomic E-state index is -0.119. The molecular weight excluding hydrogens is 512 g/mol.